The Balaban J connectivity index is 2.93. The molecule has 0 amide bonds. The van der Waals surface area contributed by atoms with Crippen molar-refractivity contribution in [3.05, 3.63) is 20.4 Å². The van der Waals surface area contributed by atoms with E-state index < -0.39 is 10.9 Å². The molecule has 0 atom stereocenters. The number of hydrogen-bond acceptors (Lipinski definition) is 4. The molecular formula is C10H16N2O2. The largest absolute Gasteiger partial charge is 0.380 e. The lowest BCUT2D eigenvalue weighted by Gasteiger charge is -2.24. The molecule has 0 aliphatic carbocycles. The van der Waals surface area contributed by atoms with Crippen LogP contribution in [-0.2, 0) is 0 Å². The van der Waals surface area contributed by atoms with Crippen molar-refractivity contribution < 1.29 is 0 Å². The first-order valence-corrected chi connectivity index (χ1v) is 4.72. The second kappa shape index (κ2) is 3.44. The van der Waals surface area contributed by atoms with Gasteiger partial charge in [0.25, 0.3) is 10.9 Å². The third-order valence-corrected chi connectivity index (χ3v) is 1.76. The van der Waals surface area contributed by atoms with Gasteiger partial charge in [-0.25, -0.2) is 0 Å². The average molecular weight is 196 g/mol. The normalized spacial score (nSPS) is 11.7. The van der Waals surface area contributed by atoms with E-state index in [1.165, 1.54) is 0 Å². The molecule has 0 heterocycles. The van der Waals surface area contributed by atoms with Gasteiger partial charge in [-0.05, 0) is 27.7 Å². The van der Waals surface area contributed by atoms with Crippen LogP contribution in [0.4, 0.5) is 11.4 Å². The van der Waals surface area contributed by atoms with Gasteiger partial charge in [-0.2, -0.15) is 0 Å². The van der Waals surface area contributed by atoms with E-state index in [1.54, 1.807) is 0 Å². The Morgan fingerprint density at radius 1 is 1.07 bits per heavy atom. The average Bonchev–Trinajstić information content (AvgIpc) is 2.09. The zero-order chi connectivity index (χ0) is 10.9. The van der Waals surface area contributed by atoms with Crippen LogP contribution >= 0.6 is 0 Å². The third-order valence-electron chi connectivity index (χ3n) is 1.76. The van der Waals surface area contributed by atoms with E-state index in [2.05, 4.69) is 10.6 Å². The molecule has 78 valence electrons. The van der Waals surface area contributed by atoms with E-state index in [0.717, 1.165) is 0 Å². The fourth-order valence-corrected chi connectivity index (χ4v) is 1.23. The molecule has 0 bridgehead atoms. The predicted octanol–water partition coefficient (Wildman–Crippen LogP) is 0.925. The molecule has 4 heteroatoms. The quantitative estimate of drug-likeness (QED) is 0.706. The predicted molar refractivity (Wildman–Crippen MR) is 58.9 cm³/mol. The zero-order valence-corrected chi connectivity index (χ0v) is 9.02. The fourth-order valence-electron chi connectivity index (χ4n) is 1.23. The lowest BCUT2D eigenvalue weighted by molar-refractivity contribution is 0.632. The van der Waals surface area contributed by atoms with Gasteiger partial charge in [0.15, 0.2) is 0 Å². The van der Waals surface area contributed by atoms with E-state index in [1.807, 2.05) is 27.7 Å². The Labute approximate surface area is 83.0 Å². The van der Waals surface area contributed by atoms with Gasteiger partial charge in [0.1, 0.15) is 11.4 Å². The van der Waals surface area contributed by atoms with Crippen molar-refractivity contribution >= 4 is 11.4 Å². The number of anilines is 2. The van der Waals surface area contributed by atoms with Crippen LogP contribution in [0, 0.1) is 0 Å². The van der Waals surface area contributed by atoms with Crippen LogP contribution < -0.4 is 21.5 Å². The summed E-state index contributed by atoms with van der Waals surface area (Å²) in [7, 11) is 0. The summed E-state index contributed by atoms with van der Waals surface area (Å²) in [4.78, 5) is 22.4. The molecule has 0 fully saturated rings. The van der Waals surface area contributed by atoms with Crippen LogP contribution in [0.1, 0.15) is 27.7 Å². The minimum Gasteiger partial charge on any atom is -0.380 e. The molecule has 0 saturated heterocycles. The highest BCUT2D eigenvalue weighted by molar-refractivity contribution is 5.74. The minimum atomic E-state index is -0.420. The van der Waals surface area contributed by atoms with Gasteiger partial charge in [-0.3, -0.25) is 9.59 Å². The second-order valence-electron chi connectivity index (χ2n) is 4.31. The lowest BCUT2D eigenvalue weighted by atomic mass is 10.1. The maximum absolute atomic E-state index is 11.2. The molecule has 0 aliphatic rings. The second-order valence-corrected chi connectivity index (χ2v) is 4.31. The van der Waals surface area contributed by atoms with Crippen LogP contribution in [0.15, 0.2) is 9.59 Å². The van der Waals surface area contributed by atoms with Crippen LogP contribution in [0.5, 0.6) is 0 Å². The molecule has 4 nitrogen and oxygen atoms in total. The molecule has 1 aromatic rings. The van der Waals surface area contributed by atoms with Crippen LogP contribution in [0.3, 0.4) is 0 Å². The Morgan fingerprint density at radius 2 is 1.57 bits per heavy atom. The first kappa shape index (κ1) is 10.8. The number of hydrogen-bond donors (Lipinski definition) is 2. The molecule has 1 aromatic carbocycles. The molecule has 1 rings (SSSR count). The molecular weight excluding hydrogens is 180 g/mol. The molecule has 0 aromatic heterocycles. The smallest absolute Gasteiger partial charge is 0.253 e. The topological polar surface area (TPSA) is 58.2 Å². The summed E-state index contributed by atoms with van der Waals surface area (Å²) < 4.78 is 0. The highest BCUT2D eigenvalue weighted by Gasteiger charge is 2.23. The number of nitrogens with one attached hydrogen (secondary N) is 2. The van der Waals surface area contributed by atoms with Crippen molar-refractivity contribution in [3.63, 3.8) is 0 Å². The molecule has 0 unspecified atom stereocenters. The van der Waals surface area contributed by atoms with E-state index in [0.29, 0.717) is 17.9 Å². The van der Waals surface area contributed by atoms with Gasteiger partial charge in [0.05, 0.1) is 0 Å². The van der Waals surface area contributed by atoms with Crippen molar-refractivity contribution in [1.29, 1.82) is 0 Å². The van der Waals surface area contributed by atoms with Gasteiger partial charge >= 0.3 is 0 Å². The maximum atomic E-state index is 11.2. The molecule has 2 N–H and O–H groups in total. The van der Waals surface area contributed by atoms with Gasteiger partial charge in [-0.15, -0.1) is 0 Å². The van der Waals surface area contributed by atoms with Crippen LogP contribution in [0.25, 0.3) is 0 Å². The number of rotatable bonds is 3. The Hall–Kier alpha value is -1.32. The molecule has 0 saturated carbocycles. The summed E-state index contributed by atoms with van der Waals surface area (Å²) in [5.74, 6) is 0. The first-order valence-electron chi connectivity index (χ1n) is 4.72. The van der Waals surface area contributed by atoms with Gasteiger partial charge in [0.2, 0.25) is 0 Å². The third kappa shape index (κ3) is 1.95. The Morgan fingerprint density at radius 3 is 2.00 bits per heavy atom. The summed E-state index contributed by atoms with van der Waals surface area (Å²) in [6, 6.07) is 0. The van der Waals surface area contributed by atoms with Crippen LogP contribution in [0.2, 0.25) is 0 Å². The van der Waals surface area contributed by atoms with Gasteiger partial charge in [-0.1, -0.05) is 0 Å². The summed E-state index contributed by atoms with van der Waals surface area (Å²) in [6.07, 6.45) is 0. The van der Waals surface area contributed by atoms with Crippen molar-refractivity contribution in [1.82, 2.24) is 0 Å². The monoisotopic (exact) mass is 196 g/mol. The Bertz CT molecular complexity index is 395. The van der Waals surface area contributed by atoms with Crippen molar-refractivity contribution in [3.8, 4) is 0 Å². The summed E-state index contributed by atoms with van der Waals surface area (Å²) in [5.41, 5.74) is -0.196. The van der Waals surface area contributed by atoms with Gasteiger partial charge < -0.3 is 10.6 Å². The standard InChI is InChI=1S/C10H16N2O2/c1-5-11-6-7(9(14)8(6)13)12-10(2,3)4/h11-12H,5H2,1-4H3. The fraction of sp³-hybridized carbons (Fsp3) is 0.600. The summed E-state index contributed by atoms with van der Waals surface area (Å²) in [6.45, 7) is 8.36. The molecule has 14 heavy (non-hydrogen) atoms. The maximum Gasteiger partial charge on any atom is 0.253 e. The summed E-state index contributed by atoms with van der Waals surface area (Å²) >= 11 is 0. The van der Waals surface area contributed by atoms with E-state index in [-0.39, 0.29) is 5.54 Å². The van der Waals surface area contributed by atoms with Crippen molar-refractivity contribution in [2.45, 2.75) is 33.2 Å². The van der Waals surface area contributed by atoms with E-state index in [4.69, 9.17) is 0 Å². The van der Waals surface area contributed by atoms with Crippen molar-refractivity contribution in [2.75, 3.05) is 17.2 Å². The SMILES string of the molecule is CCNc1c(NC(C)(C)C)c(=O)c1=O. The first-order chi connectivity index (χ1) is 6.37. The summed E-state index contributed by atoms with van der Waals surface area (Å²) in [5, 5.41) is 5.90. The minimum absolute atomic E-state index is 0.202. The molecule has 0 radical (unpaired) electrons. The highest BCUT2D eigenvalue weighted by atomic mass is 16.2. The Kier molecular flexibility index (Phi) is 2.64. The molecule has 0 spiro atoms. The molecule has 0 aliphatic heterocycles. The highest BCUT2D eigenvalue weighted by Crippen LogP contribution is 2.18. The van der Waals surface area contributed by atoms with Crippen LogP contribution in [-0.4, -0.2) is 12.1 Å². The zero-order valence-electron chi connectivity index (χ0n) is 9.02. The van der Waals surface area contributed by atoms with Crippen molar-refractivity contribution in [2.24, 2.45) is 0 Å². The van der Waals surface area contributed by atoms with E-state index >= 15 is 0 Å². The van der Waals surface area contributed by atoms with E-state index in [9.17, 15) is 9.59 Å². The van der Waals surface area contributed by atoms with Gasteiger partial charge in [0, 0.05) is 12.1 Å². The lowest BCUT2D eigenvalue weighted by Crippen LogP contribution is -2.41.